The number of benzene rings is 2. The van der Waals surface area contributed by atoms with Crippen molar-refractivity contribution in [2.24, 2.45) is 0 Å². The maximum atomic E-state index is 13.4. The van der Waals surface area contributed by atoms with Gasteiger partial charge in [-0.2, -0.15) is 0 Å². The standard InChI is InChI=1S/C28H29NO5S/c1-28(2,3)18-12-13-21(34-5)19(15-18)25(30)23-24(22-11-8-14-35-22)29(27(32)26(23)31)16-17-9-6-7-10-20(17)33-4/h6-15,24,30H,16H2,1-5H3/b25-23+. The Labute approximate surface area is 209 Å². The van der Waals surface area contributed by atoms with E-state index in [0.29, 0.717) is 17.1 Å². The third kappa shape index (κ3) is 4.56. The number of aliphatic hydroxyl groups is 1. The molecule has 1 aromatic heterocycles. The molecule has 7 heteroatoms. The van der Waals surface area contributed by atoms with E-state index in [0.717, 1.165) is 16.0 Å². The van der Waals surface area contributed by atoms with Gasteiger partial charge in [-0.15, -0.1) is 11.3 Å². The van der Waals surface area contributed by atoms with E-state index in [2.05, 4.69) is 20.8 Å². The summed E-state index contributed by atoms with van der Waals surface area (Å²) >= 11 is 1.43. The molecule has 35 heavy (non-hydrogen) atoms. The van der Waals surface area contributed by atoms with E-state index in [4.69, 9.17) is 9.47 Å². The van der Waals surface area contributed by atoms with Crippen LogP contribution in [0.4, 0.5) is 0 Å². The highest BCUT2D eigenvalue weighted by molar-refractivity contribution is 7.10. The lowest BCUT2D eigenvalue weighted by atomic mass is 9.85. The zero-order valence-electron chi connectivity index (χ0n) is 20.5. The second-order valence-electron chi connectivity index (χ2n) is 9.42. The van der Waals surface area contributed by atoms with Crippen LogP contribution in [0.25, 0.3) is 5.76 Å². The average Bonchev–Trinajstić information content (AvgIpc) is 3.46. The molecule has 0 saturated carbocycles. The van der Waals surface area contributed by atoms with Crippen molar-refractivity contribution < 1.29 is 24.2 Å². The third-order valence-corrected chi connectivity index (χ3v) is 7.13. The molecule has 1 fully saturated rings. The molecule has 1 unspecified atom stereocenters. The summed E-state index contributed by atoms with van der Waals surface area (Å²) in [4.78, 5) is 29.0. The Hall–Kier alpha value is -3.58. The lowest BCUT2D eigenvalue weighted by molar-refractivity contribution is -0.140. The van der Waals surface area contributed by atoms with Crippen LogP contribution in [0, 0.1) is 0 Å². The van der Waals surface area contributed by atoms with Crippen molar-refractivity contribution in [1.82, 2.24) is 4.90 Å². The van der Waals surface area contributed by atoms with Crippen LogP contribution < -0.4 is 9.47 Å². The van der Waals surface area contributed by atoms with Crippen molar-refractivity contribution in [3.8, 4) is 11.5 Å². The minimum atomic E-state index is -0.733. The molecule has 1 atom stereocenters. The van der Waals surface area contributed by atoms with Gasteiger partial charge in [-0.1, -0.05) is 51.1 Å². The molecular formula is C28H29NO5S. The van der Waals surface area contributed by atoms with Gasteiger partial charge in [0.25, 0.3) is 11.7 Å². The molecule has 0 radical (unpaired) electrons. The van der Waals surface area contributed by atoms with Crippen LogP contribution in [0.1, 0.15) is 48.4 Å². The van der Waals surface area contributed by atoms with E-state index in [9.17, 15) is 14.7 Å². The number of Topliss-reactive ketones (excluding diaryl/α,β-unsaturated/α-hetero) is 1. The van der Waals surface area contributed by atoms with Crippen molar-refractivity contribution in [3.05, 3.63) is 87.1 Å². The molecule has 0 bridgehead atoms. The zero-order valence-corrected chi connectivity index (χ0v) is 21.3. The molecule has 1 amide bonds. The second-order valence-corrected chi connectivity index (χ2v) is 10.4. The van der Waals surface area contributed by atoms with Gasteiger partial charge in [-0.25, -0.2) is 0 Å². The number of thiophene rings is 1. The number of carbonyl (C=O) groups excluding carboxylic acids is 2. The Morgan fingerprint density at radius 3 is 2.34 bits per heavy atom. The van der Waals surface area contributed by atoms with Gasteiger partial charge in [0, 0.05) is 10.4 Å². The van der Waals surface area contributed by atoms with Gasteiger partial charge in [0.05, 0.1) is 37.9 Å². The summed E-state index contributed by atoms with van der Waals surface area (Å²) < 4.78 is 11.0. The molecule has 1 aliphatic heterocycles. The normalized spacial score (nSPS) is 17.6. The van der Waals surface area contributed by atoms with Gasteiger partial charge < -0.3 is 19.5 Å². The third-order valence-electron chi connectivity index (χ3n) is 6.21. The Morgan fingerprint density at radius 2 is 1.71 bits per heavy atom. The highest BCUT2D eigenvalue weighted by atomic mass is 32.1. The van der Waals surface area contributed by atoms with Crippen LogP contribution in [0.3, 0.4) is 0 Å². The first-order valence-electron chi connectivity index (χ1n) is 11.3. The number of nitrogens with zero attached hydrogens (tertiary/aromatic N) is 1. The SMILES string of the molecule is COc1ccccc1CN1C(=O)C(=O)/C(=C(/O)c2cc(C(C)(C)C)ccc2OC)C1c1cccs1. The smallest absolute Gasteiger partial charge is 0.295 e. The summed E-state index contributed by atoms with van der Waals surface area (Å²) in [6.45, 7) is 6.36. The van der Waals surface area contributed by atoms with Crippen LogP contribution in [0.15, 0.2) is 65.6 Å². The average molecular weight is 492 g/mol. The van der Waals surface area contributed by atoms with Gasteiger partial charge in [0.2, 0.25) is 0 Å². The number of ketones is 1. The van der Waals surface area contributed by atoms with Crippen molar-refractivity contribution >= 4 is 28.8 Å². The molecule has 1 saturated heterocycles. The molecular weight excluding hydrogens is 462 g/mol. The summed E-state index contributed by atoms with van der Waals surface area (Å²) in [6, 6.07) is 15.9. The van der Waals surface area contributed by atoms with Crippen LogP contribution in [0.5, 0.6) is 11.5 Å². The van der Waals surface area contributed by atoms with Gasteiger partial charge in [0.1, 0.15) is 17.3 Å². The quantitative estimate of drug-likeness (QED) is 0.273. The molecule has 1 N–H and O–H groups in total. The van der Waals surface area contributed by atoms with Crippen molar-refractivity contribution in [1.29, 1.82) is 0 Å². The summed E-state index contributed by atoms with van der Waals surface area (Å²) in [5.41, 5.74) is 1.99. The summed E-state index contributed by atoms with van der Waals surface area (Å²) in [5.74, 6) is -0.580. The molecule has 4 rings (SSSR count). The van der Waals surface area contributed by atoms with E-state index >= 15 is 0 Å². The lowest BCUT2D eigenvalue weighted by Crippen LogP contribution is -2.29. The van der Waals surface area contributed by atoms with E-state index in [-0.39, 0.29) is 23.3 Å². The van der Waals surface area contributed by atoms with E-state index in [1.54, 1.807) is 13.2 Å². The highest BCUT2D eigenvalue weighted by Crippen LogP contribution is 2.44. The van der Waals surface area contributed by atoms with E-state index < -0.39 is 17.7 Å². The largest absolute Gasteiger partial charge is 0.507 e. The first kappa shape index (κ1) is 24.5. The summed E-state index contributed by atoms with van der Waals surface area (Å²) in [7, 11) is 3.08. The Kier molecular flexibility index (Phi) is 6.72. The number of ether oxygens (including phenoxy) is 2. The van der Waals surface area contributed by atoms with Crippen LogP contribution >= 0.6 is 11.3 Å². The van der Waals surface area contributed by atoms with Crippen molar-refractivity contribution in [3.63, 3.8) is 0 Å². The maximum Gasteiger partial charge on any atom is 0.295 e. The second kappa shape index (κ2) is 9.58. The molecule has 0 spiro atoms. The van der Waals surface area contributed by atoms with Crippen LogP contribution in [0.2, 0.25) is 0 Å². The number of aliphatic hydroxyl groups excluding tert-OH is 1. The topological polar surface area (TPSA) is 76.1 Å². The van der Waals surface area contributed by atoms with Crippen molar-refractivity contribution in [2.45, 2.75) is 38.8 Å². The minimum Gasteiger partial charge on any atom is -0.507 e. The highest BCUT2D eigenvalue weighted by Gasteiger charge is 2.47. The first-order chi connectivity index (χ1) is 16.7. The van der Waals surface area contributed by atoms with Crippen molar-refractivity contribution in [2.75, 3.05) is 14.2 Å². The fraction of sp³-hybridized carbons (Fsp3) is 0.286. The zero-order chi connectivity index (χ0) is 25.3. The fourth-order valence-electron chi connectivity index (χ4n) is 4.31. The molecule has 0 aliphatic carbocycles. The number of rotatable bonds is 6. The van der Waals surface area contributed by atoms with Gasteiger partial charge in [0.15, 0.2) is 0 Å². The number of methoxy groups -OCH3 is 2. The number of amides is 1. The summed E-state index contributed by atoms with van der Waals surface area (Å²) in [5, 5.41) is 13.4. The van der Waals surface area contributed by atoms with E-state index in [1.165, 1.54) is 23.3 Å². The Balaban J connectivity index is 1.90. The molecule has 2 heterocycles. The molecule has 1 aliphatic rings. The predicted octanol–water partition coefficient (Wildman–Crippen LogP) is 5.68. The number of likely N-dealkylation sites (tertiary alicyclic amines) is 1. The number of carbonyl (C=O) groups is 2. The molecule has 2 aromatic carbocycles. The lowest BCUT2D eigenvalue weighted by Gasteiger charge is -2.25. The molecule has 3 aromatic rings. The van der Waals surface area contributed by atoms with Gasteiger partial charge >= 0.3 is 0 Å². The van der Waals surface area contributed by atoms with Crippen LogP contribution in [-0.2, 0) is 21.5 Å². The maximum absolute atomic E-state index is 13.4. The summed E-state index contributed by atoms with van der Waals surface area (Å²) in [6.07, 6.45) is 0. The van der Waals surface area contributed by atoms with Gasteiger partial charge in [-0.05, 0) is 40.6 Å². The molecule has 6 nitrogen and oxygen atoms in total. The van der Waals surface area contributed by atoms with Crippen LogP contribution in [-0.4, -0.2) is 35.9 Å². The number of hydrogen-bond donors (Lipinski definition) is 1. The number of hydrogen-bond acceptors (Lipinski definition) is 6. The Morgan fingerprint density at radius 1 is 1.00 bits per heavy atom. The fourth-order valence-corrected chi connectivity index (χ4v) is 5.15. The monoisotopic (exact) mass is 491 g/mol. The Bertz CT molecular complexity index is 1290. The van der Waals surface area contributed by atoms with E-state index in [1.807, 2.05) is 53.9 Å². The predicted molar refractivity (Wildman–Crippen MR) is 137 cm³/mol. The van der Waals surface area contributed by atoms with Gasteiger partial charge in [-0.3, -0.25) is 9.59 Å². The minimum absolute atomic E-state index is 0.0525. The first-order valence-corrected chi connectivity index (χ1v) is 12.2. The molecule has 182 valence electrons. The number of para-hydroxylation sites is 1.